The van der Waals surface area contributed by atoms with E-state index in [1.165, 1.54) is 12.3 Å². The number of aliphatic hydroxyl groups is 1. The number of nitrogens with zero attached hydrogens (tertiary/aromatic N) is 2. The Bertz CT molecular complexity index is 1540. The van der Waals surface area contributed by atoms with E-state index in [4.69, 9.17) is 19.2 Å². The quantitative estimate of drug-likeness (QED) is 0.320. The minimum Gasteiger partial charge on any atom is -0.488 e. The van der Waals surface area contributed by atoms with Crippen molar-refractivity contribution in [2.24, 2.45) is 4.99 Å². The Kier molecular flexibility index (Phi) is 8.74. The first-order valence-electron chi connectivity index (χ1n) is 13.6. The second-order valence-electron chi connectivity index (χ2n) is 11.1. The van der Waals surface area contributed by atoms with E-state index in [-0.39, 0.29) is 22.2 Å². The molecule has 4 heterocycles. The number of aromatic amines is 1. The summed E-state index contributed by atoms with van der Waals surface area (Å²) >= 11 is 1.58. The molecule has 5 rings (SSSR count). The Morgan fingerprint density at radius 2 is 1.98 bits per heavy atom. The molecular formula is C29H35N3O7S2. The number of benzene rings is 1. The van der Waals surface area contributed by atoms with Crippen molar-refractivity contribution in [3.63, 3.8) is 0 Å². The van der Waals surface area contributed by atoms with Crippen molar-refractivity contribution in [3.05, 3.63) is 42.2 Å². The summed E-state index contributed by atoms with van der Waals surface area (Å²) in [6, 6.07) is 8.68. The molecule has 10 nitrogen and oxygen atoms in total. The number of thioether (sulfide) groups is 1. The van der Waals surface area contributed by atoms with Gasteiger partial charge in [-0.2, -0.15) is 0 Å². The minimum atomic E-state index is -3.41. The third-order valence-electron chi connectivity index (χ3n) is 6.87. The molecule has 3 aromatic rings. The molecule has 1 fully saturated rings. The normalized spacial score (nSPS) is 18.4. The molecule has 0 bridgehead atoms. The molecule has 2 aromatic heterocycles. The number of fused-ring (bicyclic) bond motifs is 1. The summed E-state index contributed by atoms with van der Waals surface area (Å²) in [5, 5.41) is 11.7. The molecule has 220 valence electrons. The summed E-state index contributed by atoms with van der Waals surface area (Å²) in [5.41, 5.74) is 0.801. The summed E-state index contributed by atoms with van der Waals surface area (Å²) in [6.45, 7) is 5.26. The van der Waals surface area contributed by atoms with E-state index in [0.717, 1.165) is 40.7 Å². The molecule has 0 spiro atoms. The van der Waals surface area contributed by atoms with E-state index in [9.17, 15) is 18.3 Å². The molecule has 0 aliphatic carbocycles. The predicted octanol–water partition coefficient (Wildman–Crippen LogP) is 4.69. The molecule has 2 N–H and O–H groups in total. The molecule has 2 aliphatic rings. The fourth-order valence-corrected chi connectivity index (χ4v) is 6.36. The average molecular weight is 602 g/mol. The van der Waals surface area contributed by atoms with E-state index in [2.05, 4.69) is 9.97 Å². The Morgan fingerprint density at radius 3 is 2.66 bits per heavy atom. The van der Waals surface area contributed by atoms with Crippen LogP contribution in [0.3, 0.4) is 0 Å². The first-order chi connectivity index (χ1) is 19.4. The van der Waals surface area contributed by atoms with Gasteiger partial charge < -0.3 is 24.3 Å². The van der Waals surface area contributed by atoms with Gasteiger partial charge in [0.15, 0.2) is 14.9 Å². The number of pyridine rings is 1. The van der Waals surface area contributed by atoms with Crippen molar-refractivity contribution < 1.29 is 32.5 Å². The maximum atomic E-state index is 12.5. The summed E-state index contributed by atoms with van der Waals surface area (Å²) in [7, 11) is -3.41. The largest absolute Gasteiger partial charge is 0.488 e. The molecule has 1 atom stereocenters. The average Bonchev–Trinajstić information content (AvgIpc) is 3.55. The molecule has 1 saturated heterocycles. The summed E-state index contributed by atoms with van der Waals surface area (Å²) < 4.78 is 41.5. The number of ether oxygens (including phenoxy) is 3. The zero-order chi connectivity index (χ0) is 29.2. The van der Waals surface area contributed by atoms with Crippen LogP contribution in [0.25, 0.3) is 10.9 Å². The monoisotopic (exact) mass is 601 g/mol. The number of ketones is 1. The van der Waals surface area contributed by atoms with Gasteiger partial charge in [-0.05, 0) is 44.5 Å². The van der Waals surface area contributed by atoms with Crippen LogP contribution in [0.1, 0.15) is 51.6 Å². The van der Waals surface area contributed by atoms with Crippen molar-refractivity contribution in [1.29, 1.82) is 0 Å². The van der Waals surface area contributed by atoms with Gasteiger partial charge in [-0.15, -0.1) is 0 Å². The van der Waals surface area contributed by atoms with E-state index < -0.39 is 15.4 Å². The first-order valence-corrected chi connectivity index (χ1v) is 16.4. The maximum absolute atomic E-state index is 12.5. The molecule has 1 unspecified atom stereocenters. The molecule has 41 heavy (non-hydrogen) atoms. The molecule has 0 amide bonds. The highest BCUT2D eigenvalue weighted by atomic mass is 32.2. The number of sulfone groups is 1. The molecular weight excluding hydrogens is 566 g/mol. The molecule has 1 aromatic carbocycles. The maximum Gasteiger partial charge on any atom is 0.192 e. The lowest BCUT2D eigenvalue weighted by Gasteiger charge is -2.24. The van der Waals surface area contributed by atoms with E-state index in [1.807, 2.05) is 18.2 Å². The lowest BCUT2D eigenvalue weighted by molar-refractivity contribution is -0.120. The van der Waals surface area contributed by atoms with Crippen molar-refractivity contribution in [2.45, 2.75) is 67.9 Å². The fraction of sp³-hybridized carbons (Fsp3) is 0.483. The number of aliphatic imine (C=N–C) groups is 1. The fourth-order valence-electron chi connectivity index (χ4n) is 4.68. The standard InChI is InChI=1S/C29H35N3O7S2/c1-29(2,34)9-6-19(33)14-23-17-31-28(40-23)24-13-18-12-22(38-21-4-5-26(30-16-21)41(3,35)36)15-25(27(18)32-24)39-20-7-10-37-11-8-20/h4-5,12-13,15-16,20,23,32,34H,6-11,14,17H2,1-3H3. The zero-order valence-electron chi connectivity index (χ0n) is 23.4. The van der Waals surface area contributed by atoms with Crippen LogP contribution >= 0.6 is 11.8 Å². The van der Waals surface area contributed by atoms with Gasteiger partial charge in [0.05, 0.1) is 42.8 Å². The number of nitrogens with one attached hydrogen (secondary N) is 1. The van der Waals surface area contributed by atoms with Gasteiger partial charge in [0, 0.05) is 48.6 Å². The SMILES string of the molecule is CC(C)(O)CCC(=O)CC1CN=C(c2cc3cc(Oc4ccc(S(C)(=O)=O)nc4)cc(OC4CCOCC4)c3[nH]2)S1. The van der Waals surface area contributed by atoms with Crippen LogP contribution in [-0.2, 0) is 19.4 Å². The van der Waals surface area contributed by atoms with Gasteiger partial charge in [-0.1, -0.05) is 11.8 Å². The van der Waals surface area contributed by atoms with Crippen molar-refractivity contribution in [2.75, 3.05) is 26.0 Å². The summed E-state index contributed by atoms with van der Waals surface area (Å²) in [6.07, 6.45) is 5.26. The zero-order valence-corrected chi connectivity index (χ0v) is 25.0. The first kappa shape index (κ1) is 29.6. The van der Waals surface area contributed by atoms with Crippen LogP contribution in [0, 0.1) is 0 Å². The summed E-state index contributed by atoms with van der Waals surface area (Å²) in [4.78, 5) is 24.7. The van der Waals surface area contributed by atoms with Gasteiger partial charge in [0.25, 0.3) is 0 Å². The molecule has 0 radical (unpaired) electrons. The number of carbonyl (C=O) groups excluding carboxylic acids is 1. The van der Waals surface area contributed by atoms with E-state index >= 15 is 0 Å². The van der Waals surface area contributed by atoms with Gasteiger partial charge in [-0.3, -0.25) is 9.79 Å². The smallest absolute Gasteiger partial charge is 0.192 e. The molecule has 0 saturated carbocycles. The van der Waals surface area contributed by atoms with Gasteiger partial charge in [0.1, 0.15) is 34.2 Å². The van der Waals surface area contributed by atoms with Crippen molar-refractivity contribution in [3.8, 4) is 17.2 Å². The second kappa shape index (κ2) is 12.1. The summed E-state index contributed by atoms with van der Waals surface area (Å²) in [5.74, 6) is 1.69. The molecule has 12 heteroatoms. The van der Waals surface area contributed by atoms with Gasteiger partial charge >= 0.3 is 0 Å². The predicted molar refractivity (Wildman–Crippen MR) is 158 cm³/mol. The van der Waals surface area contributed by atoms with Crippen LogP contribution in [0.5, 0.6) is 17.2 Å². The highest BCUT2D eigenvalue weighted by molar-refractivity contribution is 8.15. The second-order valence-corrected chi connectivity index (χ2v) is 14.4. The topological polar surface area (TPSA) is 140 Å². The van der Waals surface area contributed by atoms with Crippen LogP contribution in [0.2, 0.25) is 0 Å². The molecule has 2 aliphatic heterocycles. The Balaban J connectivity index is 1.36. The number of Topliss-reactive ketones (excluding diaryl/α,β-unsaturated/α-hetero) is 1. The van der Waals surface area contributed by atoms with Crippen LogP contribution in [0.4, 0.5) is 0 Å². The minimum absolute atomic E-state index is 0.00199. The van der Waals surface area contributed by atoms with Crippen LogP contribution in [0.15, 0.2) is 46.5 Å². The number of hydrogen-bond donors (Lipinski definition) is 2. The van der Waals surface area contributed by atoms with E-state index in [0.29, 0.717) is 56.3 Å². The lowest BCUT2D eigenvalue weighted by Crippen LogP contribution is -2.25. The number of aromatic nitrogens is 2. The van der Waals surface area contributed by atoms with Crippen LogP contribution in [-0.4, -0.2) is 77.3 Å². The van der Waals surface area contributed by atoms with E-state index in [1.54, 1.807) is 31.7 Å². The lowest BCUT2D eigenvalue weighted by atomic mass is 9.99. The third-order valence-corrected chi connectivity index (χ3v) is 9.09. The van der Waals surface area contributed by atoms with Crippen LogP contribution < -0.4 is 9.47 Å². The highest BCUT2D eigenvalue weighted by Gasteiger charge is 2.26. The van der Waals surface area contributed by atoms with Gasteiger partial charge in [0.2, 0.25) is 0 Å². The Hall–Kier alpha value is -2.93. The third kappa shape index (κ3) is 7.88. The number of carbonyl (C=O) groups is 1. The highest BCUT2D eigenvalue weighted by Crippen LogP contribution is 2.37. The van der Waals surface area contributed by atoms with Gasteiger partial charge in [-0.25, -0.2) is 13.4 Å². The number of hydrogen-bond acceptors (Lipinski definition) is 10. The Labute approximate surface area is 243 Å². The Morgan fingerprint density at radius 1 is 1.20 bits per heavy atom. The van der Waals surface area contributed by atoms with Crippen molar-refractivity contribution >= 4 is 43.3 Å². The van der Waals surface area contributed by atoms with Crippen molar-refractivity contribution in [1.82, 2.24) is 9.97 Å². The number of H-pyrrole nitrogens is 1. The number of rotatable bonds is 11.